The summed E-state index contributed by atoms with van der Waals surface area (Å²) >= 11 is 0. The normalized spacial score (nSPS) is 18.2. The van der Waals surface area contributed by atoms with Gasteiger partial charge in [0.2, 0.25) is 0 Å². The fraction of sp³-hybridized carbons (Fsp3) is 0.300. The van der Waals surface area contributed by atoms with Gasteiger partial charge in [-0.15, -0.1) is 0 Å². The third-order valence-electron chi connectivity index (χ3n) is 7.42. The molecule has 1 amide bonds. The molecule has 2 aliphatic heterocycles. The van der Waals surface area contributed by atoms with Crippen molar-refractivity contribution in [3.8, 4) is 5.75 Å². The van der Waals surface area contributed by atoms with Crippen molar-refractivity contribution < 1.29 is 14.3 Å². The number of H-pyrrole nitrogens is 1. The van der Waals surface area contributed by atoms with Crippen LogP contribution in [0.4, 0.5) is 0 Å². The maximum absolute atomic E-state index is 13.4. The van der Waals surface area contributed by atoms with Crippen LogP contribution in [0.2, 0.25) is 0 Å². The van der Waals surface area contributed by atoms with Gasteiger partial charge in [0.25, 0.3) is 5.91 Å². The lowest BCUT2D eigenvalue weighted by Gasteiger charge is -2.32. The Kier molecular flexibility index (Phi) is 6.45. The highest BCUT2D eigenvalue weighted by Crippen LogP contribution is 2.28. The van der Waals surface area contributed by atoms with Crippen LogP contribution in [0.15, 0.2) is 73.2 Å². The molecule has 2 aromatic heterocycles. The maximum atomic E-state index is 13.4. The number of ketones is 1. The molecule has 0 radical (unpaired) electrons. The molecule has 0 aliphatic carbocycles. The van der Waals surface area contributed by atoms with Gasteiger partial charge in [0, 0.05) is 71.7 Å². The molecule has 4 aromatic rings. The molecule has 2 aromatic carbocycles. The lowest BCUT2D eigenvalue weighted by atomic mass is 9.90. The fourth-order valence-corrected chi connectivity index (χ4v) is 5.50. The lowest BCUT2D eigenvalue weighted by molar-refractivity contribution is 0.0733. The van der Waals surface area contributed by atoms with Gasteiger partial charge >= 0.3 is 0 Å². The first-order valence-electron chi connectivity index (χ1n) is 12.9. The number of aromatic nitrogens is 2. The number of aromatic amines is 1. The summed E-state index contributed by atoms with van der Waals surface area (Å²) in [6.45, 7) is 3.99. The van der Waals surface area contributed by atoms with E-state index in [0.717, 1.165) is 54.7 Å². The molecule has 37 heavy (non-hydrogen) atoms. The third kappa shape index (κ3) is 5.00. The second-order valence-corrected chi connectivity index (χ2v) is 9.98. The Bertz CT molecular complexity index is 1430. The third-order valence-corrected chi connectivity index (χ3v) is 7.42. The monoisotopic (exact) mass is 494 g/mol. The van der Waals surface area contributed by atoms with Crippen LogP contribution >= 0.6 is 0 Å². The predicted molar refractivity (Wildman–Crippen MR) is 142 cm³/mol. The van der Waals surface area contributed by atoms with E-state index in [4.69, 9.17) is 4.74 Å². The van der Waals surface area contributed by atoms with Gasteiger partial charge in [-0.1, -0.05) is 6.07 Å². The van der Waals surface area contributed by atoms with Crippen molar-refractivity contribution >= 4 is 22.6 Å². The summed E-state index contributed by atoms with van der Waals surface area (Å²) in [5, 5.41) is 1.03. The van der Waals surface area contributed by atoms with Gasteiger partial charge in [0.05, 0.1) is 6.54 Å². The molecular weight excluding hydrogens is 464 g/mol. The van der Waals surface area contributed by atoms with E-state index in [2.05, 4.69) is 27.0 Å². The molecule has 188 valence electrons. The van der Waals surface area contributed by atoms with Crippen LogP contribution < -0.4 is 4.74 Å². The highest BCUT2D eigenvalue weighted by atomic mass is 16.5. The Morgan fingerprint density at radius 1 is 1.05 bits per heavy atom. The minimum absolute atomic E-state index is 0.00686. The van der Waals surface area contributed by atoms with Gasteiger partial charge in [-0.3, -0.25) is 19.5 Å². The number of carbonyl (C=O) groups excluding carboxylic acids is 2. The molecule has 1 fully saturated rings. The van der Waals surface area contributed by atoms with Crippen LogP contribution in [0.3, 0.4) is 0 Å². The van der Waals surface area contributed by atoms with E-state index >= 15 is 0 Å². The molecular formula is C30H30N4O3. The number of rotatable bonds is 5. The van der Waals surface area contributed by atoms with Crippen LogP contribution in [0.1, 0.15) is 44.7 Å². The Balaban J connectivity index is 1.15. The molecule has 0 spiro atoms. The van der Waals surface area contributed by atoms with Gasteiger partial charge in [-0.2, -0.15) is 0 Å². The molecule has 4 heterocycles. The molecule has 6 rings (SSSR count). The van der Waals surface area contributed by atoms with Crippen molar-refractivity contribution in [3.63, 3.8) is 0 Å². The van der Waals surface area contributed by atoms with Crippen molar-refractivity contribution in [2.75, 3.05) is 26.2 Å². The fourth-order valence-electron chi connectivity index (χ4n) is 5.50. The van der Waals surface area contributed by atoms with Gasteiger partial charge in [0.15, 0.2) is 5.78 Å². The summed E-state index contributed by atoms with van der Waals surface area (Å²) in [4.78, 5) is 37.9. The number of hydrogen-bond acceptors (Lipinski definition) is 5. The van der Waals surface area contributed by atoms with E-state index in [0.29, 0.717) is 30.8 Å². The van der Waals surface area contributed by atoms with Crippen molar-refractivity contribution in [3.05, 3.63) is 95.4 Å². The summed E-state index contributed by atoms with van der Waals surface area (Å²) < 4.78 is 6.00. The zero-order valence-corrected chi connectivity index (χ0v) is 20.7. The van der Waals surface area contributed by atoms with Crippen molar-refractivity contribution in [2.24, 2.45) is 5.92 Å². The maximum Gasteiger partial charge on any atom is 0.254 e. The first-order valence-corrected chi connectivity index (χ1v) is 12.9. The summed E-state index contributed by atoms with van der Waals surface area (Å²) in [6.07, 6.45) is 7.15. The molecule has 1 N–H and O–H groups in total. The molecule has 7 nitrogen and oxygen atoms in total. The zero-order chi connectivity index (χ0) is 25.2. The average molecular weight is 495 g/mol. The van der Waals surface area contributed by atoms with E-state index in [1.165, 1.54) is 5.56 Å². The molecule has 2 aliphatic rings. The predicted octanol–water partition coefficient (Wildman–Crippen LogP) is 4.69. The first-order chi connectivity index (χ1) is 18.1. The number of amides is 1. The topological polar surface area (TPSA) is 78.5 Å². The Labute approximate surface area is 216 Å². The molecule has 0 bridgehead atoms. The summed E-state index contributed by atoms with van der Waals surface area (Å²) in [5.41, 5.74) is 4.58. The highest BCUT2D eigenvalue weighted by Gasteiger charge is 2.27. The first kappa shape index (κ1) is 23.4. The Hall–Kier alpha value is -3.97. The number of piperidine rings is 1. The molecule has 7 heteroatoms. The van der Waals surface area contributed by atoms with Gasteiger partial charge in [0.1, 0.15) is 12.4 Å². The summed E-state index contributed by atoms with van der Waals surface area (Å²) in [6, 6.07) is 17.7. The Morgan fingerprint density at radius 2 is 2.00 bits per heavy atom. The van der Waals surface area contributed by atoms with Crippen LogP contribution in [0, 0.1) is 5.92 Å². The number of ether oxygens (including phenoxy) is 1. The van der Waals surface area contributed by atoms with E-state index in [-0.39, 0.29) is 17.6 Å². The SMILES string of the molecule is O=C(c1cccnc1)[C@H]1CCCN(Cc2ccc3c(c2)CN(C(=O)c2ccc4[nH]ccc4c2)CCO3)C1. The number of Topliss-reactive ketones (excluding diaryl/α,β-unsaturated/α-hetero) is 1. The number of nitrogens with zero attached hydrogens (tertiary/aromatic N) is 3. The Morgan fingerprint density at radius 3 is 2.89 bits per heavy atom. The zero-order valence-electron chi connectivity index (χ0n) is 20.7. The van der Waals surface area contributed by atoms with Gasteiger partial charge in [-0.05, 0) is 73.5 Å². The van der Waals surface area contributed by atoms with Crippen molar-refractivity contribution in [1.29, 1.82) is 0 Å². The largest absolute Gasteiger partial charge is 0.491 e. The minimum atomic E-state index is -0.00686. The van der Waals surface area contributed by atoms with Gasteiger partial charge < -0.3 is 14.6 Å². The van der Waals surface area contributed by atoms with E-state index in [1.807, 2.05) is 53.6 Å². The van der Waals surface area contributed by atoms with Crippen LogP contribution in [-0.2, 0) is 13.1 Å². The number of hydrogen-bond donors (Lipinski definition) is 1. The standard InChI is InChI=1S/C30H30N4O3/c35-29(24-3-1-10-31-17-24)25-4-2-12-33(19-25)18-21-5-8-28-26(15-21)20-34(13-14-37-28)30(36)23-6-7-27-22(16-23)9-11-32-27/h1,3,5-11,15-17,25,32H,2,4,12-14,18-20H2/t25-/m0/s1. The second kappa shape index (κ2) is 10.2. The van der Waals surface area contributed by atoms with E-state index in [1.54, 1.807) is 12.4 Å². The second-order valence-electron chi connectivity index (χ2n) is 9.98. The van der Waals surface area contributed by atoms with Crippen molar-refractivity contribution in [1.82, 2.24) is 19.8 Å². The van der Waals surface area contributed by atoms with E-state index < -0.39 is 0 Å². The number of fused-ring (bicyclic) bond motifs is 2. The summed E-state index contributed by atoms with van der Waals surface area (Å²) in [7, 11) is 0. The number of carbonyl (C=O) groups is 2. The molecule has 1 saturated heterocycles. The van der Waals surface area contributed by atoms with Crippen LogP contribution in [0.25, 0.3) is 10.9 Å². The molecule has 0 saturated carbocycles. The smallest absolute Gasteiger partial charge is 0.254 e. The summed E-state index contributed by atoms with van der Waals surface area (Å²) in [5.74, 6) is 1.02. The van der Waals surface area contributed by atoms with Crippen LogP contribution in [-0.4, -0.2) is 57.7 Å². The molecule has 1 atom stereocenters. The van der Waals surface area contributed by atoms with Gasteiger partial charge in [-0.25, -0.2) is 0 Å². The van der Waals surface area contributed by atoms with E-state index in [9.17, 15) is 9.59 Å². The highest BCUT2D eigenvalue weighted by molar-refractivity contribution is 5.98. The number of likely N-dealkylation sites (tertiary alicyclic amines) is 1. The minimum Gasteiger partial charge on any atom is -0.491 e. The molecule has 0 unspecified atom stereocenters. The lowest BCUT2D eigenvalue weighted by Crippen LogP contribution is -2.38. The van der Waals surface area contributed by atoms with Crippen molar-refractivity contribution in [2.45, 2.75) is 25.9 Å². The number of pyridine rings is 1. The number of benzene rings is 2. The van der Waals surface area contributed by atoms with Crippen LogP contribution in [0.5, 0.6) is 5.75 Å². The average Bonchev–Trinajstić information content (AvgIpc) is 3.31. The quantitative estimate of drug-likeness (QED) is 0.407. The number of nitrogens with one attached hydrogen (secondary N) is 1.